The first kappa shape index (κ1) is 21.1. The lowest BCUT2D eigenvalue weighted by Gasteiger charge is -2.33. The van der Waals surface area contributed by atoms with Crippen LogP contribution >= 0.6 is 0 Å². The zero-order valence-electron chi connectivity index (χ0n) is 17.6. The van der Waals surface area contributed by atoms with Gasteiger partial charge in [0.15, 0.2) is 0 Å². The number of methoxy groups -OCH3 is 1. The molecule has 1 aromatic carbocycles. The molecule has 0 bridgehead atoms. The molecule has 1 N–H and O–H groups in total. The molecule has 28 heavy (non-hydrogen) atoms. The second-order valence-electron chi connectivity index (χ2n) is 8.25. The van der Waals surface area contributed by atoms with E-state index >= 15 is 0 Å². The van der Waals surface area contributed by atoms with Gasteiger partial charge in [-0.2, -0.15) is 0 Å². The average Bonchev–Trinajstić information content (AvgIpc) is 2.73. The summed E-state index contributed by atoms with van der Waals surface area (Å²) in [6.07, 6.45) is 12.1. The van der Waals surface area contributed by atoms with Crippen molar-refractivity contribution in [2.45, 2.75) is 64.4 Å². The van der Waals surface area contributed by atoms with Crippen LogP contribution in [0.4, 0.5) is 0 Å². The van der Waals surface area contributed by atoms with E-state index in [1.807, 2.05) is 24.3 Å². The van der Waals surface area contributed by atoms with Crippen LogP contribution in [0.25, 0.3) is 10.9 Å². The van der Waals surface area contributed by atoms with Gasteiger partial charge in [-0.25, -0.2) is 0 Å². The number of unbranched alkanes of at least 4 members (excludes halogenated alkanes) is 4. The summed E-state index contributed by atoms with van der Waals surface area (Å²) in [4.78, 5) is 6.84. The van der Waals surface area contributed by atoms with Crippen molar-refractivity contribution in [3.63, 3.8) is 0 Å². The highest BCUT2D eigenvalue weighted by Crippen LogP contribution is 2.29. The molecule has 3 rings (SSSR count). The first-order valence-electron chi connectivity index (χ1n) is 11.0. The summed E-state index contributed by atoms with van der Waals surface area (Å²) in [6.45, 7) is 5.17. The molecule has 0 aliphatic carbocycles. The maximum atomic E-state index is 10.9. The van der Waals surface area contributed by atoms with Gasteiger partial charge in [-0.3, -0.25) is 4.98 Å². The predicted octanol–water partition coefficient (Wildman–Crippen LogP) is 5.35. The third-order valence-electron chi connectivity index (χ3n) is 6.20. The maximum absolute atomic E-state index is 10.9. The molecule has 1 atom stereocenters. The van der Waals surface area contributed by atoms with Crippen LogP contribution in [0.5, 0.6) is 5.75 Å². The van der Waals surface area contributed by atoms with Crippen LogP contribution < -0.4 is 4.74 Å². The number of ether oxygens (including phenoxy) is 1. The van der Waals surface area contributed by atoms with Gasteiger partial charge in [0.25, 0.3) is 0 Å². The zero-order valence-corrected chi connectivity index (χ0v) is 17.6. The number of likely N-dealkylation sites (tertiary alicyclic amines) is 1. The van der Waals surface area contributed by atoms with Gasteiger partial charge < -0.3 is 14.7 Å². The predicted molar refractivity (Wildman–Crippen MR) is 116 cm³/mol. The van der Waals surface area contributed by atoms with Gasteiger partial charge in [0.05, 0.1) is 18.7 Å². The molecule has 1 aromatic heterocycles. The van der Waals surface area contributed by atoms with E-state index in [-0.39, 0.29) is 0 Å². The summed E-state index contributed by atoms with van der Waals surface area (Å²) < 4.78 is 5.35. The summed E-state index contributed by atoms with van der Waals surface area (Å²) in [5.41, 5.74) is 1.85. The normalized spacial score (nSPS) is 17.1. The minimum atomic E-state index is -0.497. The van der Waals surface area contributed by atoms with E-state index in [1.54, 1.807) is 13.3 Å². The number of benzene rings is 1. The minimum Gasteiger partial charge on any atom is -0.497 e. The molecule has 4 heteroatoms. The van der Waals surface area contributed by atoms with Crippen molar-refractivity contribution < 1.29 is 9.84 Å². The average molecular weight is 385 g/mol. The van der Waals surface area contributed by atoms with Gasteiger partial charge in [0.2, 0.25) is 0 Å². The number of β-amino-alcohol motifs (C(OH)–C–C–N with tert-alkyl or cyclic N) is 1. The number of aliphatic hydroxyl groups excluding tert-OH is 1. The Bertz CT molecular complexity index is 726. The van der Waals surface area contributed by atoms with Crippen molar-refractivity contribution >= 4 is 10.9 Å². The maximum Gasteiger partial charge on any atom is 0.119 e. The number of nitrogens with zero attached hydrogens (tertiary/aromatic N) is 2. The van der Waals surface area contributed by atoms with Gasteiger partial charge in [-0.05, 0) is 61.7 Å². The standard InChI is InChI=1S/C24H36N2O2/c1-3-4-5-6-7-8-19-12-15-26(16-13-19)18-24(27)21-11-14-25-23-10-9-20(28-2)17-22(21)23/h9-11,14,17,19,24,27H,3-8,12-13,15-16,18H2,1-2H3/t24-/m0/s1. The summed E-state index contributed by atoms with van der Waals surface area (Å²) in [5.74, 6) is 1.68. The van der Waals surface area contributed by atoms with Crippen molar-refractivity contribution in [1.29, 1.82) is 0 Å². The van der Waals surface area contributed by atoms with Gasteiger partial charge in [-0.1, -0.05) is 45.4 Å². The molecule has 154 valence electrons. The van der Waals surface area contributed by atoms with Crippen molar-refractivity contribution in [1.82, 2.24) is 9.88 Å². The molecule has 0 saturated carbocycles. The summed E-state index contributed by atoms with van der Waals surface area (Å²) >= 11 is 0. The van der Waals surface area contributed by atoms with E-state index in [0.29, 0.717) is 6.54 Å². The Morgan fingerprint density at radius 1 is 1.14 bits per heavy atom. The van der Waals surface area contributed by atoms with Crippen LogP contribution in [-0.2, 0) is 0 Å². The monoisotopic (exact) mass is 384 g/mol. The Kier molecular flexibility index (Phi) is 8.11. The van der Waals surface area contributed by atoms with Gasteiger partial charge >= 0.3 is 0 Å². The quantitative estimate of drug-likeness (QED) is 0.561. The Labute approximate surface area is 169 Å². The summed E-state index contributed by atoms with van der Waals surface area (Å²) in [6, 6.07) is 7.79. The number of fused-ring (bicyclic) bond motifs is 1. The molecule has 1 saturated heterocycles. The highest BCUT2D eigenvalue weighted by Gasteiger charge is 2.22. The van der Waals surface area contributed by atoms with Crippen LogP contribution in [0, 0.1) is 5.92 Å². The lowest BCUT2D eigenvalue weighted by Crippen LogP contribution is -2.36. The van der Waals surface area contributed by atoms with Crippen molar-refractivity contribution in [2.75, 3.05) is 26.7 Å². The molecule has 0 radical (unpaired) electrons. The van der Waals surface area contributed by atoms with E-state index in [9.17, 15) is 5.11 Å². The van der Waals surface area contributed by atoms with E-state index in [2.05, 4.69) is 16.8 Å². The fraction of sp³-hybridized carbons (Fsp3) is 0.625. The van der Waals surface area contributed by atoms with Crippen molar-refractivity contribution in [2.24, 2.45) is 5.92 Å². The fourth-order valence-electron chi connectivity index (χ4n) is 4.40. The Morgan fingerprint density at radius 2 is 1.93 bits per heavy atom. The smallest absolute Gasteiger partial charge is 0.119 e. The number of pyridine rings is 1. The molecule has 1 aliphatic heterocycles. The van der Waals surface area contributed by atoms with E-state index in [0.717, 1.165) is 41.2 Å². The highest BCUT2D eigenvalue weighted by molar-refractivity contribution is 5.83. The molecule has 0 spiro atoms. The lowest BCUT2D eigenvalue weighted by molar-refractivity contribution is 0.0884. The second kappa shape index (κ2) is 10.8. The molecule has 4 nitrogen and oxygen atoms in total. The van der Waals surface area contributed by atoms with Gasteiger partial charge in [0.1, 0.15) is 5.75 Å². The Morgan fingerprint density at radius 3 is 2.68 bits per heavy atom. The number of piperidine rings is 1. The summed E-state index contributed by atoms with van der Waals surface area (Å²) in [7, 11) is 1.67. The fourth-order valence-corrected chi connectivity index (χ4v) is 4.40. The molecule has 0 amide bonds. The van der Waals surface area contributed by atoms with Crippen LogP contribution in [0.15, 0.2) is 30.5 Å². The van der Waals surface area contributed by atoms with Crippen LogP contribution in [0.3, 0.4) is 0 Å². The molecular weight excluding hydrogens is 348 g/mol. The number of hydrogen-bond acceptors (Lipinski definition) is 4. The third-order valence-corrected chi connectivity index (χ3v) is 6.20. The van der Waals surface area contributed by atoms with Crippen molar-refractivity contribution in [3.8, 4) is 5.75 Å². The number of hydrogen-bond donors (Lipinski definition) is 1. The molecule has 1 aliphatic rings. The minimum absolute atomic E-state index is 0.497. The zero-order chi connectivity index (χ0) is 19.8. The van der Waals surface area contributed by atoms with Gasteiger partial charge in [-0.15, -0.1) is 0 Å². The molecule has 0 unspecified atom stereocenters. The molecular formula is C24H36N2O2. The highest BCUT2D eigenvalue weighted by atomic mass is 16.5. The Hall–Kier alpha value is -1.65. The molecule has 1 fully saturated rings. The van der Waals surface area contributed by atoms with Gasteiger partial charge in [0, 0.05) is 18.1 Å². The van der Waals surface area contributed by atoms with Crippen LogP contribution in [0.2, 0.25) is 0 Å². The summed E-state index contributed by atoms with van der Waals surface area (Å²) in [5, 5.41) is 11.9. The number of aromatic nitrogens is 1. The Balaban J connectivity index is 1.51. The van der Waals surface area contributed by atoms with Crippen LogP contribution in [-0.4, -0.2) is 41.7 Å². The lowest BCUT2D eigenvalue weighted by atomic mass is 9.90. The molecule has 2 aromatic rings. The topological polar surface area (TPSA) is 45.6 Å². The van der Waals surface area contributed by atoms with E-state index < -0.39 is 6.10 Å². The SMILES string of the molecule is CCCCCCCC1CCN(C[C@H](O)c2ccnc3ccc(OC)cc23)CC1. The number of aliphatic hydroxyl groups is 1. The first-order chi connectivity index (χ1) is 13.7. The van der Waals surface area contributed by atoms with Crippen molar-refractivity contribution in [3.05, 3.63) is 36.0 Å². The molecule has 2 heterocycles. The second-order valence-corrected chi connectivity index (χ2v) is 8.25. The van der Waals surface area contributed by atoms with Crippen LogP contribution in [0.1, 0.15) is 70.0 Å². The first-order valence-corrected chi connectivity index (χ1v) is 11.0. The van der Waals surface area contributed by atoms with E-state index in [1.165, 1.54) is 51.4 Å². The third kappa shape index (κ3) is 5.68. The number of rotatable bonds is 10. The van der Waals surface area contributed by atoms with E-state index in [4.69, 9.17) is 4.74 Å². The largest absolute Gasteiger partial charge is 0.497 e.